The van der Waals surface area contributed by atoms with Crippen molar-refractivity contribution in [3.63, 3.8) is 0 Å². The van der Waals surface area contributed by atoms with Crippen LogP contribution in [0.1, 0.15) is 5.56 Å². The van der Waals surface area contributed by atoms with Gasteiger partial charge in [-0.15, -0.1) is 0 Å². The molecule has 0 heterocycles. The van der Waals surface area contributed by atoms with E-state index in [4.69, 9.17) is 14.2 Å². The van der Waals surface area contributed by atoms with Gasteiger partial charge in [-0.2, -0.15) is 0 Å². The molecule has 0 saturated heterocycles. The molecule has 5 heteroatoms. The molecule has 0 aliphatic heterocycles. The van der Waals surface area contributed by atoms with E-state index in [0.717, 1.165) is 15.8 Å². The van der Waals surface area contributed by atoms with E-state index in [1.807, 2.05) is 18.2 Å². The van der Waals surface area contributed by atoms with Crippen molar-refractivity contribution in [1.29, 1.82) is 0 Å². The Bertz CT molecular complexity index is 343. The highest BCUT2D eigenvalue weighted by molar-refractivity contribution is 9.10. The van der Waals surface area contributed by atoms with Crippen molar-refractivity contribution in [3.05, 3.63) is 28.2 Å². The molecule has 0 aliphatic carbocycles. The van der Waals surface area contributed by atoms with Crippen LogP contribution in [0, 0.1) is 0 Å². The summed E-state index contributed by atoms with van der Waals surface area (Å²) in [7, 11) is 4.91. The minimum absolute atomic E-state index is 0.229. The van der Waals surface area contributed by atoms with Gasteiger partial charge >= 0.3 is 0 Å². The van der Waals surface area contributed by atoms with Gasteiger partial charge in [-0.05, 0) is 18.2 Å². The fourth-order valence-electron chi connectivity index (χ4n) is 1.47. The van der Waals surface area contributed by atoms with E-state index in [2.05, 4.69) is 21.2 Å². The van der Waals surface area contributed by atoms with Crippen molar-refractivity contribution in [1.82, 2.24) is 5.32 Å². The number of methoxy groups -OCH3 is 3. The zero-order valence-electron chi connectivity index (χ0n) is 10.3. The molecular weight excluding hydrogens is 286 g/mol. The number of nitrogens with one attached hydrogen (secondary N) is 1. The lowest BCUT2D eigenvalue weighted by Crippen LogP contribution is -2.29. The summed E-state index contributed by atoms with van der Waals surface area (Å²) in [5.41, 5.74) is 1.09. The van der Waals surface area contributed by atoms with Crippen LogP contribution in [0.4, 0.5) is 0 Å². The van der Waals surface area contributed by atoms with Gasteiger partial charge in [0.05, 0.1) is 7.11 Å². The van der Waals surface area contributed by atoms with Crippen LogP contribution >= 0.6 is 15.9 Å². The zero-order valence-corrected chi connectivity index (χ0v) is 11.9. The van der Waals surface area contributed by atoms with E-state index < -0.39 is 0 Å². The highest BCUT2D eigenvalue weighted by atomic mass is 79.9. The molecular formula is C12H18BrNO3. The molecule has 0 amide bonds. The van der Waals surface area contributed by atoms with Crippen LogP contribution in [0.15, 0.2) is 22.7 Å². The van der Waals surface area contributed by atoms with Crippen LogP contribution in [0.3, 0.4) is 0 Å². The van der Waals surface area contributed by atoms with Crippen LogP contribution in [-0.2, 0) is 16.0 Å². The largest absolute Gasteiger partial charge is 0.496 e. The molecule has 96 valence electrons. The molecule has 0 atom stereocenters. The smallest absolute Gasteiger partial charge is 0.169 e. The number of hydrogen-bond acceptors (Lipinski definition) is 4. The molecule has 0 aliphatic rings. The predicted molar refractivity (Wildman–Crippen MR) is 70.2 cm³/mol. The van der Waals surface area contributed by atoms with E-state index in [9.17, 15) is 0 Å². The molecule has 1 rings (SSSR count). The Labute approximate surface area is 110 Å². The summed E-state index contributed by atoms with van der Waals surface area (Å²) in [6.07, 6.45) is -0.229. The Morgan fingerprint density at radius 1 is 1.24 bits per heavy atom. The number of ether oxygens (including phenoxy) is 3. The van der Waals surface area contributed by atoms with Gasteiger partial charge in [0, 0.05) is 37.3 Å². The third kappa shape index (κ3) is 4.63. The first-order chi connectivity index (χ1) is 8.21. The summed E-state index contributed by atoms with van der Waals surface area (Å²) in [5.74, 6) is 0.868. The topological polar surface area (TPSA) is 39.7 Å². The van der Waals surface area contributed by atoms with E-state index in [1.54, 1.807) is 21.3 Å². The van der Waals surface area contributed by atoms with Gasteiger partial charge in [-0.3, -0.25) is 0 Å². The molecule has 0 saturated carbocycles. The maximum Gasteiger partial charge on any atom is 0.169 e. The summed E-state index contributed by atoms with van der Waals surface area (Å²) in [5, 5.41) is 3.25. The second-order valence-electron chi connectivity index (χ2n) is 3.49. The summed E-state index contributed by atoms with van der Waals surface area (Å²) >= 11 is 3.44. The average molecular weight is 304 g/mol. The standard InChI is InChI=1S/C12H18BrNO3/c1-15-11-5-4-10(13)6-9(11)7-14-8-12(16-2)17-3/h4-6,12,14H,7-8H2,1-3H3. The van der Waals surface area contributed by atoms with E-state index in [-0.39, 0.29) is 6.29 Å². The van der Waals surface area contributed by atoms with Crippen LogP contribution in [0.5, 0.6) is 5.75 Å². The van der Waals surface area contributed by atoms with Crippen molar-refractivity contribution >= 4 is 15.9 Å². The zero-order chi connectivity index (χ0) is 12.7. The van der Waals surface area contributed by atoms with Gasteiger partial charge in [0.25, 0.3) is 0 Å². The van der Waals surface area contributed by atoms with Crippen LogP contribution in [-0.4, -0.2) is 34.2 Å². The van der Waals surface area contributed by atoms with Crippen LogP contribution in [0.2, 0.25) is 0 Å². The third-order valence-corrected chi connectivity index (χ3v) is 2.89. The fourth-order valence-corrected chi connectivity index (χ4v) is 1.88. The molecule has 1 aromatic carbocycles. The highest BCUT2D eigenvalue weighted by Gasteiger charge is 2.06. The predicted octanol–water partition coefficient (Wildman–Crippen LogP) is 2.17. The lowest BCUT2D eigenvalue weighted by Gasteiger charge is -2.15. The second kappa shape index (κ2) is 7.66. The first-order valence-corrected chi connectivity index (χ1v) is 6.09. The minimum atomic E-state index is -0.229. The Morgan fingerprint density at radius 2 is 1.94 bits per heavy atom. The minimum Gasteiger partial charge on any atom is -0.496 e. The Balaban J connectivity index is 2.53. The lowest BCUT2D eigenvalue weighted by molar-refractivity contribution is -0.0989. The highest BCUT2D eigenvalue weighted by Crippen LogP contribution is 2.22. The summed E-state index contributed by atoms with van der Waals surface area (Å²) in [4.78, 5) is 0. The lowest BCUT2D eigenvalue weighted by atomic mass is 10.2. The normalized spacial score (nSPS) is 10.9. The molecule has 17 heavy (non-hydrogen) atoms. The van der Waals surface area contributed by atoms with Crippen molar-refractivity contribution in [2.75, 3.05) is 27.9 Å². The Hall–Kier alpha value is -0.620. The van der Waals surface area contributed by atoms with Crippen LogP contribution in [0.25, 0.3) is 0 Å². The first-order valence-electron chi connectivity index (χ1n) is 5.30. The van der Waals surface area contributed by atoms with Crippen molar-refractivity contribution in [2.45, 2.75) is 12.8 Å². The molecule has 1 aromatic rings. The van der Waals surface area contributed by atoms with Gasteiger partial charge in [-0.1, -0.05) is 15.9 Å². The van der Waals surface area contributed by atoms with Gasteiger partial charge in [0.1, 0.15) is 5.75 Å². The van der Waals surface area contributed by atoms with Gasteiger partial charge < -0.3 is 19.5 Å². The monoisotopic (exact) mass is 303 g/mol. The SMILES string of the molecule is COc1ccc(Br)cc1CNCC(OC)OC. The third-order valence-electron chi connectivity index (χ3n) is 2.39. The van der Waals surface area contributed by atoms with E-state index in [0.29, 0.717) is 13.1 Å². The van der Waals surface area contributed by atoms with Crippen molar-refractivity contribution < 1.29 is 14.2 Å². The van der Waals surface area contributed by atoms with Crippen molar-refractivity contribution in [3.8, 4) is 5.75 Å². The van der Waals surface area contributed by atoms with Gasteiger partial charge in [0.15, 0.2) is 6.29 Å². The quantitative estimate of drug-likeness (QED) is 0.784. The average Bonchev–Trinajstić information content (AvgIpc) is 2.35. The van der Waals surface area contributed by atoms with E-state index in [1.165, 1.54) is 0 Å². The molecule has 0 bridgehead atoms. The van der Waals surface area contributed by atoms with Gasteiger partial charge in [0.2, 0.25) is 0 Å². The fraction of sp³-hybridized carbons (Fsp3) is 0.500. The van der Waals surface area contributed by atoms with Gasteiger partial charge in [-0.25, -0.2) is 0 Å². The Kier molecular flexibility index (Phi) is 6.50. The molecule has 0 spiro atoms. The summed E-state index contributed by atoms with van der Waals surface area (Å²) < 4.78 is 16.5. The molecule has 1 N–H and O–H groups in total. The first kappa shape index (κ1) is 14.4. The summed E-state index contributed by atoms with van der Waals surface area (Å²) in [6.45, 7) is 1.33. The Morgan fingerprint density at radius 3 is 2.53 bits per heavy atom. The number of halogens is 1. The number of rotatable bonds is 7. The maximum atomic E-state index is 5.29. The van der Waals surface area contributed by atoms with Crippen molar-refractivity contribution in [2.24, 2.45) is 0 Å². The molecule has 0 aromatic heterocycles. The molecule has 4 nitrogen and oxygen atoms in total. The summed E-state index contributed by atoms with van der Waals surface area (Å²) in [6, 6.07) is 5.92. The molecule has 0 radical (unpaired) electrons. The second-order valence-corrected chi connectivity index (χ2v) is 4.40. The molecule has 0 fully saturated rings. The maximum absolute atomic E-state index is 5.29. The molecule has 0 unspecified atom stereocenters. The van der Waals surface area contributed by atoms with Crippen LogP contribution < -0.4 is 10.1 Å². The number of benzene rings is 1. The van der Waals surface area contributed by atoms with E-state index >= 15 is 0 Å². The number of hydrogen-bond donors (Lipinski definition) is 1.